The van der Waals surface area contributed by atoms with Crippen LogP contribution < -0.4 is 0 Å². The third kappa shape index (κ3) is 3.47. The standard InChI is InChI=1S/C13H24N2O/c1-11(2)15(8-9-16)13-7-5-3-4-6-12(13)10-14/h11-13,16H,3-9H2,1-2H3. The highest BCUT2D eigenvalue weighted by atomic mass is 16.3. The SMILES string of the molecule is CC(C)N(CCO)C1CCCCCC1C#N. The zero-order chi connectivity index (χ0) is 12.0. The number of nitriles is 1. The van der Waals surface area contributed by atoms with E-state index in [1.165, 1.54) is 19.3 Å². The Labute approximate surface area is 99.1 Å². The Hall–Kier alpha value is -0.590. The summed E-state index contributed by atoms with van der Waals surface area (Å²) in [6.45, 7) is 5.18. The summed E-state index contributed by atoms with van der Waals surface area (Å²) in [5.41, 5.74) is 0. The van der Waals surface area contributed by atoms with Crippen molar-refractivity contribution in [3.63, 3.8) is 0 Å². The molecule has 3 heteroatoms. The minimum Gasteiger partial charge on any atom is -0.395 e. The Bertz CT molecular complexity index is 235. The van der Waals surface area contributed by atoms with Gasteiger partial charge in [0, 0.05) is 18.6 Å². The molecule has 3 nitrogen and oxygen atoms in total. The van der Waals surface area contributed by atoms with Crippen LogP contribution in [-0.2, 0) is 0 Å². The second kappa shape index (κ2) is 6.88. The fraction of sp³-hybridized carbons (Fsp3) is 0.923. The van der Waals surface area contributed by atoms with Crippen molar-refractivity contribution in [3.05, 3.63) is 0 Å². The predicted octanol–water partition coefficient (Wildman–Crippen LogP) is 2.16. The van der Waals surface area contributed by atoms with E-state index in [2.05, 4.69) is 24.8 Å². The monoisotopic (exact) mass is 224 g/mol. The van der Waals surface area contributed by atoms with Gasteiger partial charge in [-0.1, -0.05) is 19.3 Å². The molecule has 0 aromatic rings. The fourth-order valence-corrected chi connectivity index (χ4v) is 2.76. The summed E-state index contributed by atoms with van der Waals surface area (Å²) >= 11 is 0. The summed E-state index contributed by atoms with van der Waals surface area (Å²) in [5.74, 6) is 0.149. The normalized spacial score (nSPS) is 26.8. The van der Waals surface area contributed by atoms with Gasteiger partial charge in [0.2, 0.25) is 0 Å². The van der Waals surface area contributed by atoms with Crippen LogP contribution in [0, 0.1) is 17.2 Å². The maximum Gasteiger partial charge on any atom is 0.0672 e. The van der Waals surface area contributed by atoms with E-state index in [4.69, 9.17) is 5.11 Å². The van der Waals surface area contributed by atoms with E-state index < -0.39 is 0 Å². The van der Waals surface area contributed by atoms with Gasteiger partial charge in [0.1, 0.15) is 0 Å². The molecular weight excluding hydrogens is 200 g/mol. The number of hydrogen-bond acceptors (Lipinski definition) is 3. The van der Waals surface area contributed by atoms with Crippen LogP contribution in [0.1, 0.15) is 46.0 Å². The summed E-state index contributed by atoms with van der Waals surface area (Å²) < 4.78 is 0. The van der Waals surface area contributed by atoms with E-state index in [9.17, 15) is 5.26 Å². The zero-order valence-corrected chi connectivity index (χ0v) is 10.5. The van der Waals surface area contributed by atoms with Crippen molar-refractivity contribution in [3.8, 4) is 6.07 Å². The predicted molar refractivity (Wildman–Crippen MR) is 64.9 cm³/mol. The number of aliphatic hydroxyl groups excluding tert-OH is 1. The summed E-state index contributed by atoms with van der Waals surface area (Å²) in [6.07, 6.45) is 5.78. The van der Waals surface area contributed by atoms with E-state index in [-0.39, 0.29) is 12.5 Å². The van der Waals surface area contributed by atoms with Gasteiger partial charge in [-0.3, -0.25) is 4.90 Å². The molecule has 0 radical (unpaired) electrons. The van der Waals surface area contributed by atoms with Crippen molar-refractivity contribution in [1.29, 1.82) is 5.26 Å². The lowest BCUT2D eigenvalue weighted by atomic mass is 9.94. The Balaban J connectivity index is 2.73. The Morgan fingerprint density at radius 3 is 2.56 bits per heavy atom. The highest BCUT2D eigenvalue weighted by Crippen LogP contribution is 2.28. The molecule has 0 amide bonds. The minimum atomic E-state index is 0.149. The maximum atomic E-state index is 9.25. The van der Waals surface area contributed by atoms with Gasteiger partial charge >= 0.3 is 0 Å². The van der Waals surface area contributed by atoms with E-state index in [0.29, 0.717) is 18.6 Å². The number of nitrogens with zero attached hydrogens (tertiary/aromatic N) is 2. The molecular formula is C13H24N2O. The van der Waals surface area contributed by atoms with Gasteiger partial charge < -0.3 is 5.11 Å². The first-order valence-corrected chi connectivity index (χ1v) is 6.47. The Morgan fingerprint density at radius 1 is 1.31 bits per heavy atom. The molecule has 0 aromatic carbocycles. The third-order valence-corrected chi connectivity index (χ3v) is 3.59. The van der Waals surface area contributed by atoms with Crippen LogP contribution in [0.3, 0.4) is 0 Å². The second-order valence-corrected chi connectivity index (χ2v) is 5.00. The van der Waals surface area contributed by atoms with E-state index in [1.54, 1.807) is 0 Å². The lowest BCUT2D eigenvalue weighted by Crippen LogP contribution is -2.45. The maximum absolute atomic E-state index is 9.25. The average molecular weight is 224 g/mol. The van der Waals surface area contributed by atoms with Crippen molar-refractivity contribution in [2.45, 2.75) is 58.0 Å². The highest BCUT2D eigenvalue weighted by molar-refractivity contribution is 4.95. The summed E-state index contributed by atoms with van der Waals surface area (Å²) in [6, 6.07) is 3.22. The molecule has 0 spiro atoms. The molecule has 1 aliphatic rings. The van der Waals surface area contributed by atoms with Crippen LogP contribution in [0.25, 0.3) is 0 Å². The lowest BCUT2D eigenvalue weighted by Gasteiger charge is -2.36. The molecule has 0 bridgehead atoms. The average Bonchev–Trinajstić information content (AvgIpc) is 2.50. The van der Waals surface area contributed by atoms with E-state index in [1.807, 2.05) is 0 Å². The Kier molecular flexibility index (Phi) is 5.79. The molecule has 1 rings (SSSR count). The molecule has 2 unspecified atom stereocenters. The van der Waals surface area contributed by atoms with Crippen LogP contribution in [0.4, 0.5) is 0 Å². The molecule has 0 heterocycles. The van der Waals surface area contributed by atoms with Crippen LogP contribution in [-0.4, -0.2) is 35.2 Å². The quantitative estimate of drug-likeness (QED) is 0.744. The van der Waals surface area contributed by atoms with Crippen LogP contribution in [0.5, 0.6) is 0 Å². The number of hydrogen-bond donors (Lipinski definition) is 1. The molecule has 1 fully saturated rings. The summed E-state index contributed by atoms with van der Waals surface area (Å²) in [7, 11) is 0. The number of aliphatic hydroxyl groups is 1. The minimum absolute atomic E-state index is 0.149. The topological polar surface area (TPSA) is 47.3 Å². The lowest BCUT2D eigenvalue weighted by molar-refractivity contribution is 0.0916. The van der Waals surface area contributed by atoms with Gasteiger partial charge in [-0.2, -0.15) is 5.26 Å². The second-order valence-electron chi connectivity index (χ2n) is 5.00. The van der Waals surface area contributed by atoms with Crippen molar-refractivity contribution < 1.29 is 5.11 Å². The van der Waals surface area contributed by atoms with Crippen molar-refractivity contribution in [1.82, 2.24) is 4.90 Å². The third-order valence-electron chi connectivity index (χ3n) is 3.59. The molecule has 16 heavy (non-hydrogen) atoms. The first-order chi connectivity index (χ1) is 7.70. The zero-order valence-electron chi connectivity index (χ0n) is 10.5. The van der Waals surface area contributed by atoms with Gasteiger partial charge in [-0.15, -0.1) is 0 Å². The van der Waals surface area contributed by atoms with Gasteiger partial charge in [-0.25, -0.2) is 0 Å². The van der Waals surface area contributed by atoms with Crippen molar-refractivity contribution in [2.24, 2.45) is 5.92 Å². The van der Waals surface area contributed by atoms with Crippen molar-refractivity contribution >= 4 is 0 Å². The molecule has 1 saturated carbocycles. The Morgan fingerprint density at radius 2 is 2.00 bits per heavy atom. The first-order valence-electron chi connectivity index (χ1n) is 6.47. The molecule has 0 aromatic heterocycles. The fourth-order valence-electron chi connectivity index (χ4n) is 2.76. The number of rotatable bonds is 4. The highest BCUT2D eigenvalue weighted by Gasteiger charge is 2.29. The smallest absolute Gasteiger partial charge is 0.0672 e. The first kappa shape index (κ1) is 13.5. The summed E-state index contributed by atoms with van der Waals surface area (Å²) in [4.78, 5) is 2.30. The van der Waals surface area contributed by atoms with Gasteiger partial charge in [0.25, 0.3) is 0 Å². The van der Waals surface area contributed by atoms with E-state index >= 15 is 0 Å². The van der Waals surface area contributed by atoms with Crippen molar-refractivity contribution in [2.75, 3.05) is 13.2 Å². The molecule has 1 aliphatic carbocycles. The van der Waals surface area contributed by atoms with Gasteiger partial charge in [-0.05, 0) is 26.7 Å². The summed E-state index contributed by atoms with van der Waals surface area (Å²) in [5, 5.41) is 18.4. The molecule has 2 atom stereocenters. The van der Waals surface area contributed by atoms with Crippen LogP contribution >= 0.6 is 0 Å². The largest absolute Gasteiger partial charge is 0.395 e. The molecule has 1 N–H and O–H groups in total. The van der Waals surface area contributed by atoms with E-state index in [0.717, 1.165) is 12.8 Å². The molecule has 0 aliphatic heterocycles. The molecule has 92 valence electrons. The van der Waals surface area contributed by atoms with Crippen LogP contribution in [0.15, 0.2) is 0 Å². The van der Waals surface area contributed by atoms with Gasteiger partial charge in [0.05, 0.1) is 18.6 Å². The molecule has 0 saturated heterocycles. The van der Waals surface area contributed by atoms with Crippen LogP contribution in [0.2, 0.25) is 0 Å². The van der Waals surface area contributed by atoms with Gasteiger partial charge in [0.15, 0.2) is 0 Å².